The first kappa shape index (κ1) is 3.68. The Morgan fingerprint density at radius 3 is 2.67 bits per heavy atom. The normalized spacial score (nSPS) is 9.33. The van der Waals surface area contributed by atoms with Gasteiger partial charge in [0.1, 0.15) is 0 Å². The van der Waals surface area contributed by atoms with Crippen LogP contribution in [0.15, 0.2) is 23.0 Å². The third-order valence-electron chi connectivity index (χ3n) is 0.663. The van der Waals surface area contributed by atoms with Crippen molar-refractivity contribution in [1.29, 1.82) is 0 Å². The van der Waals surface area contributed by atoms with Crippen molar-refractivity contribution < 1.29 is 4.42 Å². The summed E-state index contributed by atoms with van der Waals surface area (Å²) in [4.78, 5) is 0. The van der Waals surface area contributed by atoms with Crippen molar-refractivity contribution in [1.82, 2.24) is 0 Å². The summed E-state index contributed by atoms with van der Waals surface area (Å²) >= 11 is 0. The van der Waals surface area contributed by atoms with Crippen LogP contribution in [0.25, 0.3) is 0 Å². The van der Waals surface area contributed by atoms with E-state index < -0.39 is 0 Å². The predicted molar refractivity (Wildman–Crippen MR) is 28.3 cm³/mol. The standard InChI is InChI=1S/C4H6OSi/c6-4-1-2-5-3-4/h1-3H,6H3. The highest BCUT2D eigenvalue weighted by Gasteiger charge is 1.75. The quantitative estimate of drug-likeness (QED) is 0.390. The van der Waals surface area contributed by atoms with Crippen molar-refractivity contribution in [2.75, 3.05) is 0 Å². The fourth-order valence-electron chi connectivity index (χ4n) is 0.333. The van der Waals surface area contributed by atoms with Crippen LogP contribution in [0.1, 0.15) is 0 Å². The van der Waals surface area contributed by atoms with E-state index in [1.54, 1.807) is 12.5 Å². The molecule has 0 radical (unpaired) electrons. The molecule has 1 aromatic rings. The van der Waals surface area contributed by atoms with Crippen molar-refractivity contribution in [3.05, 3.63) is 18.6 Å². The predicted octanol–water partition coefficient (Wildman–Crippen LogP) is -0.730. The third-order valence-corrected chi connectivity index (χ3v) is 1.23. The molecule has 1 nitrogen and oxygen atoms in total. The third kappa shape index (κ3) is 0.516. The van der Waals surface area contributed by atoms with Gasteiger partial charge in [-0.25, -0.2) is 0 Å². The second-order valence-corrected chi connectivity index (χ2v) is 2.46. The SMILES string of the molecule is [SiH3]c1ccoc1. The molecule has 0 fully saturated rings. The summed E-state index contributed by atoms with van der Waals surface area (Å²) in [5, 5.41) is 1.31. The maximum atomic E-state index is 4.75. The van der Waals surface area contributed by atoms with Crippen LogP contribution in [0, 0.1) is 0 Å². The Morgan fingerprint density at radius 1 is 1.67 bits per heavy atom. The van der Waals surface area contributed by atoms with Gasteiger partial charge in [0.25, 0.3) is 0 Å². The molecule has 0 aliphatic rings. The zero-order valence-electron chi connectivity index (χ0n) is 3.64. The molecule has 6 heavy (non-hydrogen) atoms. The van der Waals surface area contributed by atoms with E-state index >= 15 is 0 Å². The number of hydrogen-bond donors (Lipinski definition) is 0. The lowest BCUT2D eigenvalue weighted by Gasteiger charge is -1.63. The van der Waals surface area contributed by atoms with Gasteiger partial charge in [0.05, 0.1) is 12.5 Å². The van der Waals surface area contributed by atoms with Crippen molar-refractivity contribution in [3.63, 3.8) is 0 Å². The van der Waals surface area contributed by atoms with Gasteiger partial charge in [0, 0.05) is 10.2 Å². The summed E-state index contributed by atoms with van der Waals surface area (Å²) in [6.45, 7) is 0. The molecular weight excluding hydrogens is 92.1 g/mol. The van der Waals surface area contributed by atoms with Crippen LogP contribution in [0.4, 0.5) is 0 Å². The molecule has 0 amide bonds. The Labute approximate surface area is 39.4 Å². The van der Waals surface area contributed by atoms with Crippen LogP contribution in [0.5, 0.6) is 0 Å². The summed E-state index contributed by atoms with van der Waals surface area (Å²) in [5.74, 6) is 0. The van der Waals surface area contributed by atoms with E-state index in [4.69, 9.17) is 4.42 Å². The molecule has 0 aliphatic carbocycles. The molecule has 0 atom stereocenters. The molecule has 0 spiro atoms. The average Bonchev–Trinajstić information content (AvgIpc) is 1.86. The molecule has 1 aromatic heterocycles. The fraction of sp³-hybridized carbons (Fsp3) is 0. The smallest absolute Gasteiger partial charge is 0.0900 e. The lowest BCUT2D eigenvalue weighted by atomic mass is 10.7. The van der Waals surface area contributed by atoms with E-state index in [0.29, 0.717) is 0 Å². The van der Waals surface area contributed by atoms with Gasteiger partial charge in [-0.1, -0.05) is 0 Å². The average molecular weight is 98.2 g/mol. The van der Waals surface area contributed by atoms with E-state index in [2.05, 4.69) is 0 Å². The van der Waals surface area contributed by atoms with Crippen LogP contribution in [-0.2, 0) is 0 Å². The number of rotatable bonds is 0. The maximum absolute atomic E-state index is 4.75. The van der Waals surface area contributed by atoms with Crippen LogP contribution in [-0.4, -0.2) is 10.2 Å². The van der Waals surface area contributed by atoms with Crippen molar-refractivity contribution in [3.8, 4) is 0 Å². The van der Waals surface area contributed by atoms with Gasteiger partial charge in [-0.2, -0.15) is 0 Å². The molecule has 0 N–H and O–H groups in total. The summed E-state index contributed by atoms with van der Waals surface area (Å²) in [7, 11) is 1.10. The maximum Gasteiger partial charge on any atom is 0.0900 e. The molecule has 0 saturated carbocycles. The summed E-state index contributed by atoms with van der Waals surface area (Å²) in [5.41, 5.74) is 0. The molecular formula is C4H6OSi. The fourth-order valence-corrected chi connectivity index (χ4v) is 0.605. The van der Waals surface area contributed by atoms with Crippen LogP contribution in [0.2, 0.25) is 0 Å². The summed E-state index contributed by atoms with van der Waals surface area (Å²) < 4.78 is 4.75. The van der Waals surface area contributed by atoms with Crippen molar-refractivity contribution in [2.45, 2.75) is 0 Å². The van der Waals surface area contributed by atoms with E-state index in [9.17, 15) is 0 Å². The zero-order chi connectivity index (χ0) is 4.41. The number of furan rings is 1. The second-order valence-electron chi connectivity index (χ2n) is 1.30. The van der Waals surface area contributed by atoms with Crippen LogP contribution < -0.4 is 5.19 Å². The molecule has 32 valence electrons. The Morgan fingerprint density at radius 2 is 2.50 bits per heavy atom. The molecule has 0 saturated heterocycles. The van der Waals surface area contributed by atoms with Gasteiger partial charge < -0.3 is 4.42 Å². The van der Waals surface area contributed by atoms with E-state index in [1.165, 1.54) is 5.19 Å². The van der Waals surface area contributed by atoms with Gasteiger partial charge in [0.2, 0.25) is 0 Å². The van der Waals surface area contributed by atoms with Gasteiger partial charge in [0.15, 0.2) is 0 Å². The molecule has 2 heteroatoms. The highest BCUT2D eigenvalue weighted by atomic mass is 28.1. The minimum atomic E-state index is 1.10. The van der Waals surface area contributed by atoms with Crippen molar-refractivity contribution in [2.24, 2.45) is 0 Å². The molecule has 1 rings (SSSR count). The molecule has 0 aromatic carbocycles. The topological polar surface area (TPSA) is 13.1 Å². The molecule has 0 unspecified atom stereocenters. The first-order valence-corrected chi connectivity index (χ1v) is 2.88. The Kier molecular flexibility index (Phi) is 0.799. The van der Waals surface area contributed by atoms with Gasteiger partial charge in [-0.15, -0.1) is 0 Å². The molecule has 0 bridgehead atoms. The Bertz CT molecular complexity index is 111. The second kappa shape index (κ2) is 1.30. The Balaban J connectivity index is 3.05. The summed E-state index contributed by atoms with van der Waals surface area (Å²) in [6.07, 6.45) is 3.47. The first-order valence-electron chi connectivity index (χ1n) is 1.88. The highest BCUT2D eigenvalue weighted by Crippen LogP contribution is 1.75. The highest BCUT2D eigenvalue weighted by molar-refractivity contribution is 6.31. The summed E-state index contributed by atoms with van der Waals surface area (Å²) in [6, 6.07) is 1.98. The largest absolute Gasteiger partial charge is 0.473 e. The molecule has 0 aliphatic heterocycles. The first-order chi connectivity index (χ1) is 2.89. The zero-order valence-corrected chi connectivity index (χ0v) is 5.64. The van der Waals surface area contributed by atoms with Gasteiger partial charge in [-0.3, -0.25) is 0 Å². The van der Waals surface area contributed by atoms with Gasteiger partial charge in [-0.05, 0) is 11.3 Å². The van der Waals surface area contributed by atoms with Crippen LogP contribution >= 0.6 is 0 Å². The van der Waals surface area contributed by atoms with Crippen LogP contribution in [0.3, 0.4) is 0 Å². The Hall–Kier alpha value is -0.503. The minimum absolute atomic E-state index is 1.10. The van der Waals surface area contributed by atoms with E-state index in [1.807, 2.05) is 6.07 Å². The monoisotopic (exact) mass is 98.0 g/mol. The molecule has 1 heterocycles. The van der Waals surface area contributed by atoms with Gasteiger partial charge >= 0.3 is 0 Å². The minimum Gasteiger partial charge on any atom is -0.473 e. The lowest BCUT2D eigenvalue weighted by Crippen LogP contribution is -1.92. The van der Waals surface area contributed by atoms with Crippen molar-refractivity contribution >= 4 is 15.4 Å². The van der Waals surface area contributed by atoms with E-state index in [0.717, 1.165) is 10.2 Å². The van der Waals surface area contributed by atoms with E-state index in [-0.39, 0.29) is 0 Å². The number of hydrogen-bond acceptors (Lipinski definition) is 1. The lowest BCUT2D eigenvalue weighted by molar-refractivity contribution is 0.569.